The van der Waals surface area contributed by atoms with Crippen LogP contribution >= 0.6 is 11.3 Å². The molecule has 0 aliphatic carbocycles. The Morgan fingerprint density at radius 2 is 2.04 bits per heavy atom. The van der Waals surface area contributed by atoms with Crippen molar-refractivity contribution in [2.45, 2.75) is 19.4 Å². The van der Waals surface area contributed by atoms with Crippen molar-refractivity contribution in [3.8, 4) is 0 Å². The zero-order valence-electron chi connectivity index (χ0n) is 12.9. The van der Waals surface area contributed by atoms with Crippen molar-refractivity contribution in [3.63, 3.8) is 0 Å². The number of hydrogen-bond acceptors (Lipinski definition) is 3. The fourth-order valence-corrected chi connectivity index (χ4v) is 3.45. The summed E-state index contributed by atoms with van der Waals surface area (Å²) in [6.07, 6.45) is 1.15. The number of carbonyl (C=O) groups excluding carboxylic acids is 2. The van der Waals surface area contributed by atoms with Crippen LogP contribution in [0, 0.1) is 5.92 Å². The van der Waals surface area contributed by atoms with Gasteiger partial charge in [0.15, 0.2) is 0 Å². The molecule has 2 aromatic rings. The van der Waals surface area contributed by atoms with Crippen LogP contribution in [0.1, 0.15) is 16.9 Å². The smallest absolute Gasteiger partial charge is 0.225 e. The van der Waals surface area contributed by atoms with Gasteiger partial charge in [-0.3, -0.25) is 9.59 Å². The largest absolute Gasteiger partial charge is 0.351 e. The molecule has 0 spiro atoms. The Labute approximate surface area is 140 Å². The summed E-state index contributed by atoms with van der Waals surface area (Å²) >= 11 is 1.62. The van der Waals surface area contributed by atoms with E-state index in [1.165, 1.54) is 5.56 Å². The molecule has 1 atom stereocenters. The van der Waals surface area contributed by atoms with Crippen LogP contribution in [0.5, 0.6) is 0 Å². The van der Waals surface area contributed by atoms with Gasteiger partial charge in [0.25, 0.3) is 0 Å². The first-order valence-corrected chi connectivity index (χ1v) is 8.72. The Kier molecular flexibility index (Phi) is 5.08. The second-order valence-electron chi connectivity index (χ2n) is 5.77. The first-order chi connectivity index (χ1) is 11.2. The average Bonchev–Trinajstić information content (AvgIpc) is 3.21. The lowest BCUT2D eigenvalue weighted by Crippen LogP contribution is -2.33. The number of nitrogens with one attached hydrogen (secondary N) is 1. The molecule has 2 amide bonds. The van der Waals surface area contributed by atoms with Crippen LogP contribution in [-0.4, -0.2) is 29.8 Å². The minimum absolute atomic E-state index is 0.0195. The van der Waals surface area contributed by atoms with Crippen molar-refractivity contribution in [1.29, 1.82) is 0 Å². The average molecular weight is 328 g/mol. The van der Waals surface area contributed by atoms with E-state index in [-0.39, 0.29) is 17.7 Å². The third-order valence-corrected chi connectivity index (χ3v) is 4.99. The summed E-state index contributed by atoms with van der Waals surface area (Å²) < 4.78 is 0. The number of hydrogen-bond donors (Lipinski definition) is 1. The number of amides is 2. The predicted molar refractivity (Wildman–Crippen MR) is 91.0 cm³/mol. The Hall–Kier alpha value is -2.14. The molecule has 5 heteroatoms. The molecule has 1 fully saturated rings. The highest BCUT2D eigenvalue weighted by atomic mass is 32.1. The molecule has 2 heterocycles. The number of rotatable bonds is 6. The van der Waals surface area contributed by atoms with E-state index in [9.17, 15) is 9.59 Å². The Morgan fingerprint density at radius 3 is 2.78 bits per heavy atom. The van der Waals surface area contributed by atoms with E-state index in [1.807, 2.05) is 40.6 Å². The van der Waals surface area contributed by atoms with Crippen molar-refractivity contribution >= 4 is 23.2 Å². The van der Waals surface area contributed by atoms with Crippen molar-refractivity contribution < 1.29 is 9.59 Å². The first-order valence-electron chi connectivity index (χ1n) is 7.84. The molecular formula is C18H20N2O2S. The fourth-order valence-electron chi connectivity index (χ4n) is 2.80. The zero-order valence-corrected chi connectivity index (χ0v) is 13.7. The van der Waals surface area contributed by atoms with Gasteiger partial charge in [-0.2, -0.15) is 0 Å². The topological polar surface area (TPSA) is 49.4 Å². The Bertz CT molecular complexity index is 655. The molecule has 0 saturated carbocycles. The molecule has 120 valence electrons. The van der Waals surface area contributed by atoms with Gasteiger partial charge in [-0.25, -0.2) is 0 Å². The molecule has 1 aromatic carbocycles. The lowest BCUT2D eigenvalue weighted by atomic mass is 10.1. The normalized spacial score (nSPS) is 17.5. The standard InChI is InChI=1S/C18H20N2O2S/c21-17-11-15(18(22)19-12-16-7-4-10-23-16)13-20(17)9-8-14-5-2-1-3-6-14/h1-7,10,15H,8-9,11-13H2,(H,19,22)/t15-/m0/s1. The van der Waals surface area contributed by atoms with Gasteiger partial charge in [-0.1, -0.05) is 36.4 Å². The summed E-state index contributed by atoms with van der Waals surface area (Å²) in [5.41, 5.74) is 1.21. The van der Waals surface area contributed by atoms with Crippen molar-refractivity contribution in [1.82, 2.24) is 10.2 Å². The molecule has 23 heavy (non-hydrogen) atoms. The third kappa shape index (κ3) is 4.20. The van der Waals surface area contributed by atoms with Crippen molar-refractivity contribution in [2.24, 2.45) is 5.92 Å². The second kappa shape index (κ2) is 7.42. The van der Waals surface area contributed by atoms with Gasteiger partial charge in [-0.15, -0.1) is 11.3 Å². The summed E-state index contributed by atoms with van der Waals surface area (Å²) in [4.78, 5) is 27.2. The molecule has 0 unspecified atom stereocenters. The third-order valence-electron chi connectivity index (χ3n) is 4.12. The molecule has 1 aromatic heterocycles. The van der Waals surface area contributed by atoms with Gasteiger partial charge in [0.1, 0.15) is 0 Å². The molecule has 3 rings (SSSR count). The van der Waals surface area contributed by atoms with Crippen LogP contribution in [0.15, 0.2) is 47.8 Å². The van der Waals surface area contributed by atoms with Crippen molar-refractivity contribution in [3.05, 3.63) is 58.3 Å². The van der Waals surface area contributed by atoms with E-state index in [0.717, 1.165) is 11.3 Å². The lowest BCUT2D eigenvalue weighted by molar-refractivity contribution is -0.129. The number of carbonyl (C=O) groups is 2. The molecule has 0 radical (unpaired) electrons. The highest BCUT2D eigenvalue weighted by Crippen LogP contribution is 2.19. The summed E-state index contributed by atoms with van der Waals surface area (Å²) in [6.45, 7) is 1.75. The maximum absolute atomic E-state index is 12.2. The monoisotopic (exact) mass is 328 g/mol. The van der Waals surface area contributed by atoms with E-state index >= 15 is 0 Å². The van der Waals surface area contributed by atoms with Gasteiger partial charge < -0.3 is 10.2 Å². The van der Waals surface area contributed by atoms with E-state index in [4.69, 9.17) is 0 Å². The summed E-state index contributed by atoms with van der Waals surface area (Å²) in [5.74, 6) is -0.163. The Morgan fingerprint density at radius 1 is 1.22 bits per heavy atom. The van der Waals surface area contributed by atoms with Gasteiger partial charge in [-0.05, 0) is 23.4 Å². The number of nitrogens with zero attached hydrogens (tertiary/aromatic N) is 1. The summed E-state index contributed by atoms with van der Waals surface area (Å²) in [7, 11) is 0. The van der Waals surface area contributed by atoms with Crippen LogP contribution in [0.2, 0.25) is 0 Å². The molecule has 4 nitrogen and oxygen atoms in total. The number of benzene rings is 1. The maximum Gasteiger partial charge on any atom is 0.225 e. The highest BCUT2D eigenvalue weighted by molar-refractivity contribution is 7.09. The number of thiophene rings is 1. The van der Waals surface area contributed by atoms with E-state index < -0.39 is 0 Å². The Balaban J connectivity index is 1.47. The molecule has 1 N–H and O–H groups in total. The van der Waals surface area contributed by atoms with Crippen LogP contribution in [0.3, 0.4) is 0 Å². The summed E-state index contributed by atoms with van der Waals surface area (Å²) in [5, 5.41) is 4.93. The van der Waals surface area contributed by atoms with Crippen LogP contribution in [-0.2, 0) is 22.6 Å². The van der Waals surface area contributed by atoms with Gasteiger partial charge in [0.2, 0.25) is 11.8 Å². The minimum Gasteiger partial charge on any atom is -0.351 e. The number of likely N-dealkylation sites (tertiary alicyclic amines) is 1. The molecule has 1 aliphatic rings. The maximum atomic E-state index is 12.2. The van der Waals surface area contributed by atoms with Gasteiger partial charge in [0, 0.05) is 24.4 Å². The summed E-state index contributed by atoms with van der Waals surface area (Å²) in [6, 6.07) is 14.1. The van der Waals surface area contributed by atoms with E-state index in [2.05, 4.69) is 17.4 Å². The molecule has 1 saturated heterocycles. The first kappa shape index (κ1) is 15.7. The van der Waals surface area contributed by atoms with Crippen LogP contribution in [0.4, 0.5) is 0 Å². The quantitative estimate of drug-likeness (QED) is 0.885. The van der Waals surface area contributed by atoms with E-state index in [1.54, 1.807) is 11.3 Å². The molecule has 1 aliphatic heterocycles. The predicted octanol–water partition coefficient (Wildman–Crippen LogP) is 2.46. The highest BCUT2D eigenvalue weighted by Gasteiger charge is 2.33. The fraction of sp³-hybridized carbons (Fsp3) is 0.333. The molecular weight excluding hydrogens is 308 g/mol. The SMILES string of the molecule is O=C(NCc1cccs1)[C@H]1CC(=O)N(CCc2ccccc2)C1. The van der Waals surface area contributed by atoms with Gasteiger partial charge in [0.05, 0.1) is 12.5 Å². The lowest BCUT2D eigenvalue weighted by Gasteiger charge is -2.16. The van der Waals surface area contributed by atoms with Gasteiger partial charge >= 0.3 is 0 Å². The second-order valence-corrected chi connectivity index (χ2v) is 6.81. The van der Waals surface area contributed by atoms with E-state index in [0.29, 0.717) is 26.1 Å². The molecule has 0 bridgehead atoms. The van der Waals surface area contributed by atoms with Crippen LogP contribution < -0.4 is 5.32 Å². The van der Waals surface area contributed by atoms with Crippen molar-refractivity contribution in [2.75, 3.05) is 13.1 Å². The van der Waals surface area contributed by atoms with Crippen LogP contribution in [0.25, 0.3) is 0 Å². The minimum atomic E-state index is -0.224. The zero-order chi connectivity index (χ0) is 16.1.